The van der Waals surface area contributed by atoms with Crippen molar-refractivity contribution < 1.29 is 14.3 Å². The lowest BCUT2D eigenvalue weighted by molar-refractivity contribution is -0.121. The molecule has 2 rings (SSSR count). The van der Waals surface area contributed by atoms with E-state index in [4.69, 9.17) is 9.47 Å². The second-order valence-electron chi connectivity index (χ2n) is 6.06. The van der Waals surface area contributed by atoms with Gasteiger partial charge >= 0.3 is 5.69 Å². The van der Waals surface area contributed by atoms with E-state index in [1.807, 2.05) is 6.92 Å². The molecule has 1 heterocycles. The Bertz CT molecular complexity index is 962. The highest BCUT2D eigenvalue weighted by Crippen LogP contribution is 2.27. The van der Waals surface area contributed by atoms with Crippen molar-refractivity contribution in [3.05, 3.63) is 55.9 Å². The number of nitrogens with one attached hydrogen (secondary N) is 3. The molecule has 0 saturated heterocycles. The zero-order chi connectivity index (χ0) is 20.5. The van der Waals surface area contributed by atoms with E-state index in [1.165, 1.54) is 6.21 Å². The van der Waals surface area contributed by atoms with Gasteiger partial charge in [-0.25, -0.2) is 10.2 Å². The SMILES string of the molecule is CCCOc1cc(/C=N/NC(=O)CCc2c(C)[nH]c(=O)[nH]c2=O)ccc1OC. The number of benzene rings is 1. The highest BCUT2D eigenvalue weighted by Gasteiger charge is 2.09. The number of aromatic amines is 2. The number of hydrogen-bond acceptors (Lipinski definition) is 6. The molecule has 9 heteroatoms. The van der Waals surface area contributed by atoms with Gasteiger partial charge in [0.1, 0.15) is 0 Å². The number of H-pyrrole nitrogens is 2. The summed E-state index contributed by atoms with van der Waals surface area (Å²) in [6.45, 7) is 4.19. The van der Waals surface area contributed by atoms with E-state index < -0.39 is 11.2 Å². The van der Waals surface area contributed by atoms with Gasteiger partial charge in [-0.1, -0.05) is 6.92 Å². The van der Waals surface area contributed by atoms with Gasteiger partial charge in [-0.2, -0.15) is 5.10 Å². The van der Waals surface area contributed by atoms with E-state index in [9.17, 15) is 14.4 Å². The summed E-state index contributed by atoms with van der Waals surface area (Å²) in [5.74, 6) is 0.876. The molecule has 0 spiro atoms. The molecule has 1 amide bonds. The number of amides is 1. The predicted molar refractivity (Wildman–Crippen MR) is 105 cm³/mol. The lowest BCUT2D eigenvalue weighted by Gasteiger charge is -2.10. The van der Waals surface area contributed by atoms with Crippen molar-refractivity contribution in [3.8, 4) is 11.5 Å². The van der Waals surface area contributed by atoms with Gasteiger partial charge in [0.05, 0.1) is 19.9 Å². The van der Waals surface area contributed by atoms with Gasteiger partial charge in [0, 0.05) is 17.7 Å². The maximum absolute atomic E-state index is 12.0. The van der Waals surface area contributed by atoms with Crippen LogP contribution in [-0.2, 0) is 11.2 Å². The Labute approximate surface area is 161 Å². The minimum atomic E-state index is -0.568. The number of methoxy groups -OCH3 is 1. The molecule has 0 bridgehead atoms. The lowest BCUT2D eigenvalue weighted by Crippen LogP contribution is -2.28. The highest BCUT2D eigenvalue weighted by molar-refractivity contribution is 5.83. The average molecular weight is 388 g/mol. The van der Waals surface area contributed by atoms with Gasteiger partial charge in [-0.3, -0.25) is 14.6 Å². The summed E-state index contributed by atoms with van der Waals surface area (Å²) in [6.07, 6.45) is 2.61. The minimum absolute atomic E-state index is 0.0563. The second kappa shape index (κ2) is 10.1. The fourth-order valence-electron chi connectivity index (χ4n) is 2.50. The van der Waals surface area contributed by atoms with Gasteiger partial charge in [0.15, 0.2) is 11.5 Å². The van der Waals surface area contributed by atoms with Crippen molar-refractivity contribution >= 4 is 12.1 Å². The van der Waals surface area contributed by atoms with Gasteiger partial charge in [0.2, 0.25) is 5.91 Å². The van der Waals surface area contributed by atoms with Crippen LogP contribution in [0.25, 0.3) is 0 Å². The maximum atomic E-state index is 12.0. The molecule has 1 aromatic heterocycles. The summed E-state index contributed by atoms with van der Waals surface area (Å²) >= 11 is 0. The molecule has 0 atom stereocenters. The summed E-state index contributed by atoms with van der Waals surface area (Å²) in [4.78, 5) is 39.5. The number of aromatic nitrogens is 2. The van der Waals surface area contributed by atoms with Crippen LogP contribution in [0.1, 0.15) is 36.6 Å². The van der Waals surface area contributed by atoms with Gasteiger partial charge in [0.25, 0.3) is 5.56 Å². The molecular weight excluding hydrogens is 364 g/mol. The number of ether oxygens (including phenoxy) is 2. The number of hydrazone groups is 1. The highest BCUT2D eigenvalue weighted by atomic mass is 16.5. The van der Waals surface area contributed by atoms with Crippen LogP contribution in [0.5, 0.6) is 11.5 Å². The smallest absolute Gasteiger partial charge is 0.325 e. The van der Waals surface area contributed by atoms with Crippen LogP contribution in [0.4, 0.5) is 0 Å². The van der Waals surface area contributed by atoms with Crippen LogP contribution in [0.3, 0.4) is 0 Å². The molecule has 150 valence electrons. The number of aryl methyl sites for hydroxylation is 1. The number of nitrogens with zero attached hydrogens (tertiary/aromatic N) is 1. The molecule has 3 N–H and O–H groups in total. The average Bonchev–Trinajstić information content (AvgIpc) is 2.65. The monoisotopic (exact) mass is 388 g/mol. The predicted octanol–water partition coefficient (Wildman–Crippen LogP) is 1.25. The van der Waals surface area contributed by atoms with Crippen molar-refractivity contribution in [2.45, 2.75) is 33.1 Å². The largest absolute Gasteiger partial charge is 0.493 e. The first-order chi connectivity index (χ1) is 13.4. The summed E-state index contributed by atoms with van der Waals surface area (Å²) in [6, 6.07) is 5.32. The topological polar surface area (TPSA) is 126 Å². The van der Waals surface area contributed by atoms with Crippen molar-refractivity contribution in [1.82, 2.24) is 15.4 Å². The number of hydrogen-bond donors (Lipinski definition) is 3. The molecule has 0 radical (unpaired) electrons. The zero-order valence-corrected chi connectivity index (χ0v) is 16.1. The molecule has 2 aromatic rings. The summed E-state index contributed by atoms with van der Waals surface area (Å²) in [5.41, 5.74) is 2.91. The molecule has 9 nitrogen and oxygen atoms in total. The van der Waals surface area contributed by atoms with Gasteiger partial charge < -0.3 is 14.5 Å². The molecule has 28 heavy (non-hydrogen) atoms. The number of carbonyl (C=O) groups is 1. The van der Waals surface area contributed by atoms with Crippen LogP contribution in [0.15, 0.2) is 32.9 Å². The first kappa shape index (κ1) is 20.9. The van der Waals surface area contributed by atoms with Gasteiger partial charge in [-0.15, -0.1) is 0 Å². The molecule has 0 aliphatic carbocycles. The quantitative estimate of drug-likeness (QED) is 0.440. The third-order valence-corrected chi connectivity index (χ3v) is 3.91. The first-order valence-electron chi connectivity index (χ1n) is 8.89. The van der Waals surface area contributed by atoms with Gasteiger partial charge in [-0.05, 0) is 43.5 Å². The molecule has 1 aromatic carbocycles. The van der Waals surface area contributed by atoms with Crippen LogP contribution in [0, 0.1) is 6.92 Å². The molecule has 0 fully saturated rings. The summed E-state index contributed by atoms with van der Waals surface area (Å²) < 4.78 is 10.9. The van der Waals surface area contributed by atoms with E-state index in [1.54, 1.807) is 32.2 Å². The Morgan fingerprint density at radius 2 is 2.04 bits per heavy atom. The van der Waals surface area contributed by atoms with Crippen molar-refractivity contribution in [2.24, 2.45) is 5.10 Å². The Morgan fingerprint density at radius 3 is 2.71 bits per heavy atom. The van der Waals surface area contributed by atoms with Crippen molar-refractivity contribution in [2.75, 3.05) is 13.7 Å². The first-order valence-corrected chi connectivity index (χ1v) is 8.89. The molecule has 0 saturated carbocycles. The fraction of sp³-hybridized carbons (Fsp3) is 0.368. The van der Waals surface area contributed by atoms with Crippen LogP contribution < -0.4 is 26.1 Å². The van der Waals surface area contributed by atoms with Crippen molar-refractivity contribution in [1.29, 1.82) is 0 Å². The Hall–Kier alpha value is -3.36. The third-order valence-electron chi connectivity index (χ3n) is 3.91. The molecule has 0 aliphatic heterocycles. The van der Waals surface area contributed by atoms with E-state index in [-0.39, 0.29) is 18.7 Å². The van der Waals surface area contributed by atoms with E-state index in [0.29, 0.717) is 29.4 Å². The minimum Gasteiger partial charge on any atom is -0.493 e. The van der Waals surface area contributed by atoms with Crippen molar-refractivity contribution in [3.63, 3.8) is 0 Å². The van der Waals surface area contributed by atoms with E-state index in [2.05, 4.69) is 20.5 Å². The number of rotatable bonds is 9. The van der Waals surface area contributed by atoms with Crippen LogP contribution in [0.2, 0.25) is 0 Å². The second-order valence-corrected chi connectivity index (χ2v) is 6.06. The Balaban J connectivity index is 1.94. The maximum Gasteiger partial charge on any atom is 0.325 e. The Morgan fingerprint density at radius 1 is 1.25 bits per heavy atom. The van der Waals surface area contributed by atoms with E-state index >= 15 is 0 Å². The fourth-order valence-corrected chi connectivity index (χ4v) is 2.50. The number of carbonyl (C=O) groups excluding carboxylic acids is 1. The zero-order valence-electron chi connectivity index (χ0n) is 16.1. The third kappa shape index (κ3) is 5.83. The molecule has 0 aliphatic rings. The molecular formula is C19H24N4O5. The van der Waals surface area contributed by atoms with Crippen LogP contribution >= 0.6 is 0 Å². The normalized spacial score (nSPS) is 10.8. The van der Waals surface area contributed by atoms with E-state index in [0.717, 1.165) is 12.0 Å². The standard InChI is InChI=1S/C19H24N4O5/c1-4-9-28-16-10-13(5-7-15(16)27-3)11-20-23-17(24)8-6-14-12(2)21-19(26)22-18(14)25/h5,7,10-11H,4,6,8-9H2,1-3H3,(H,23,24)(H2,21,22,25,26)/b20-11+. The summed E-state index contributed by atoms with van der Waals surface area (Å²) in [5, 5.41) is 3.93. The molecule has 0 unspecified atom stereocenters. The van der Waals surface area contributed by atoms with Crippen LogP contribution in [-0.4, -0.2) is 35.8 Å². The lowest BCUT2D eigenvalue weighted by atomic mass is 10.1. The Kier molecular flexibility index (Phi) is 7.55. The summed E-state index contributed by atoms with van der Waals surface area (Å²) in [7, 11) is 1.57.